The lowest BCUT2D eigenvalue weighted by atomic mass is 10.0. The van der Waals surface area contributed by atoms with Crippen molar-refractivity contribution in [1.82, 2.24) is 9.88 Å². The van der Waals surface area contributed by atoms with Gasteiger partial charge < -0.3 is 10.0 Å². The van der Waals surface area contributed by atoms with Gasteiger partial charge >= 0.3 is 5.97 Å². The second kappa shape index (κ2) is 5.61. The normalized spacial score (nSPS) is 18.9. The topological polar surface area (TPSA) is 70.5 Å². The molecular formula is C14H13ClN2O3S. The zero-order chi connectivity index (χ0) is 15.0. The monoisotopic (exact) mass is 324 g/mol. The molecule has 7 heteroatoms. The molecule has 0 bridgehead atoms. The Morgan fingerprint density at radius 1 is 1.43 bits per heavy atom. The lowest BCUT2D eigenvalue weighted by molar-refractivity contribution is -0.143. The minimum atomic E-state index is -0.960. The highest BCUT2D eigenvalue weighted by Crippen LogP contribution is 2.35. The molecule has 1 N–H and O–H groups in total. The van der Waals surface area contributed by atoms with E-state index < -0.39 is 12.0 Å². The van der Waals surface area contributed by atoms with E-state index in [9.17, 15) is 14.7 Å². The second-order valence-electron chi connectivity index (χ2n) is 4.95. The van der Waals surface area contributed by atoms with E-state index in [-0.39, 0.29) is 5.91 Å². The molecule has 3 rings (SSSR count). The quantitative estimate of drug-likeness (QED) is 0.921. The molecule has 5 nitrogen and oxygen atoms in total. The number of hydrogen-bond donors (Lipinski definition) is 1. The summed E-state index contributed by atoms with van der Waals surface area (Å²) in [6.45, 7) is 0.452. The number of carbonyl (C=O) groups is 2. The predicted molar refractivity (Wildman–Crippen MR) is 80.9 cm³/mol. The number of likely N-dealkylation sites (tertiary alicyclic amines) is 1. The predicted octanol–water partition coefficient (Wildman–Crippen LogP) is 3.03. The first-order valence-corrected chi connectivity index (χ1v) is 7.86. The summed E-state index contributed by atoms with van der Waals surface area (Å²) >= 11 is 7.49. The fourth-order valence-corrected chi connectivity index (χ4v) is 4.00. The zero-order valence-electron chi connectivity index (χ0n) is 11.1. The number of hydrogen-bond acceptors (Lipinski definition) is 4. The molecule has 1 aliphatic rings. The van der Waals surface area contributed by atoms with Crippen molar-refractivity contribution < 1.29 is 14.7 Å². The molecule has 0 unspecified atom stereocenters. The summed E-state index contributed by atoms with van der Waals surface area (Å²) in [7, 11) is 0. The summed E-state index contributed by atoms with van der Waals surface area (Å²) < 4.78 is 0. The highest BCUT2D eigenvalue weighted by Gasteiger charge is 2.34. The van der Waals surface area contributed by atoms with E-state index in [0.29, 0.717) is 27.7 Å². The van der Waals surface area contributed by atoms with E-state index >= 15 is 0 Å². The molecule has 1 atom stereocenters. The van der Waals surface area contributed by atoms with Crippen LogP contribution in [0.2, 0.25) is 5.02 Å². The molecule has 21 heavy (non-hydrogen) atoms. The summed E-state index contributed by atoms with van der Waals surface area (Å²) in [4.78, 5) is 30.7. The number of aliphatic carboxylic acids is 1. The number of aromatic nitrogens is 1. The number of carboxylic acid groups (broad SMARTS) is 1. The van der Waals surface area contributed by atoms with Crippen molar-refractivity contribution in [2.45, 2.75) is 25.3 Å². The highest BCUT2D eigenvalue weighted by atomic mass is 35.5. The minimum Gasteiger partial charge on any atom is -0.480 e. The van der Waals surface area contributed by atoms with Crippen molar-refractivity contribution in [3.63, 3.8) is 0 Å². The highest BCUT2D eigenvalue weighted by molar-refractivity contribution is 7.21. The average Bonchev–Trinajstić information content (AvgIpc) is 2.84. The number of halogens is 1. The van der Waals surface area contributed by atoms with E-state index in [4.69, 9.17) is 11.6 Å². The van der Waals surface area contributed by atoms with Gasteiger partial charge in [0, 0.05) is 18.1 Å². The summed E-state index contributed by atoms with van der Waals surface area (Å²) in [6, 6.07) is 2.80. The number of thiophene rings is 1. The largest absolute Gasteiger partial charge is 0.480 e. The Kier molecular flexibility index (Phi) is 3.82. The molecule has 110 valence electrons. The molecule has 3 heterocycles. The minimum absolute atomic E-state index is 0.310. The van der Waals surface area contributed by atoms with Crippen LogP contribution in [-0.2, 0) is 4.79 Å². The van der Waals surface area contributed by atoms with Crippen LogP contribution >= 0.6 is 22.9 Å². The SMILES string of the molecule is O=C(O)[C@H]1CCCCN1C(=O)c1sc2ncccc2c1Cl. The molecule has 2 aromatic heterocycles. The number of amides is 1. The summed E-state index contributed by atoms with van der Waals surface area (Å²) in [5.74, 6) is -1.27. The first-order valence-electron chi connectivity index (χ1n) is 6.66. The first-order chi connectivity index (χ1) is 10.1. The summed E-state index contributed by atoms with van der Waals surface area (Å²) in [6.07, 6.45) is 3.77. The molecular weight excluding hydrogens is 312 g/mol. The lowest BCUT2D eigenvalue weighted by Crippen LogP contribution is -2.47. The van der Waals surface area contributed by atoms with Crippen LogP contribution in [0.5, 0.6) is 0 Å². The van der Waals surface area contributed by atoms with Crippen molar-refractivity contribution in [3.8, 4) is 0 Å². The molecule has 1 saturated heterocycles. The van der Waals surface area contributed by atoms with Gasteiger partial charge in [-0.3, -0.25) is 4.79 Å². The fourth-order valence-electron chi connectivity index (χ4n) is 2.60. The van der Waals surface area contributed by atoms with E-state index in [1.165, 1.54) is 16.2 Å². The van der Waals surface area contributed by atoms with Gasteiger partial charge in [-0.15, -0.1) is 11.3 Å². The number of carboxylic acids is 1. The third kappa shape index (κ3) is 2.49. The number of nitrogens with zero attached hydrogens (tertiary/aromatic N) is 2. The molecule has 1 amide bonds. The number of fused-ring (bicyclic) bond motifs is 1. The Bertz CT molecular complexity index is 715. The Morgan fingerprint density at radius 3 is 2.95 bits per heavy atom. The first kappa shape index (κ1) is 14.3. The fraction of sp³-hybridized carbons (Fsp3) is 0.357. The van der Waals surface area contributed by atoms with Crippen LogP contribution in [0, 0.1) is 0 Å². The van der Waals surface area contributed by atoms with Gasteiger partial charge in [0.25, 0.3) is 5.91 Å². The molecule has 1 fully saturated rings. The molecule has 0 radical (unpaired) electrons. The molecule has 0 saturated carbocycles. The molecule has 0 aliphatic carbocycles. The molecule has 0 aromatic carbocycles. The summed E-state index contributed by atoms with van der Waals surface area (Å²) in [5.41, 5.74) is 0. The van der Waals surface area contributed by atoms with E-state index in [1.807, 2.05) is 6.07 Å². The van der Waals surface area contributed by atoms with Crippen LogP contribution in [0.3, 0.4) is 0 Å². The van der Waals surface area contributed by atoms with Crippen LogP contribution in [0.25, 0.3) is 10.2 Å². The lowest BCUT2D eigenvalue weighted by Gasteiger charge is -2.32. The summed E-state index contributed by atoms with van der Waals surface area (Å²) in [5, 5.41) is 10.4. The van der Waals surface area contributed by atoms with Gasteiger partial charge in [0.05, 0.1) is 5.02 Å². The molecule has 0 spiro atoms. The van der Waals surface area contributed by atoms with E-state index in [1.54, 1.807) is 12.3 Å². The van der Waals surface area contributed by atoms with Gasteiger partial charge in [0.2, 0.25) is 0 Å². The van der Waals surface area contributed by atoms with Gasteiger partial charge in [-0.2, -0.15) is 0 Å². The maximum atomic E-state index is 12.7. The van der Waals surface area contributed by atoms with Gasteiger partial charge in [0.1, 0.15) is 15.7 Å². The second-order valence-corrected chi connectivity index (χ2v) is 6.33. The van der Waals surface area contributed by atoms with Crippen LogP contribution in [0.1, 0.15) is 28.9 Å². The smallest absolute Gasteiger partial charge is 0.326 e. The number of piperidine rings is 1. The van der Waals surface area contributed by atoms with Gasteiger partial charge in [-0.05, 0) is 31.4 Å². The molecule has 1 aliphatic heterocycles. The third-order valence-electron chi connectivity index (χ3n) is 3.65. The van der Waals surface area contributed by atoms with E-state index in [0.717, 1.165) is 18.2 Å². The zero-order valence-corrected chi connectivity index (χ0v) is 12.7. The maximum Gasteiger partial charge on any atom is 0.326 e. The Hall–Kier alpha value is -1.66. The Morgan fingerprint density at radius 2 is 2.24 bits per heavy atom. The van der Waals surface area contributed by atoms with Crippen molar-refractivity contribution in [2.75, 3.05) is 6.54 Å². The van der Waals surface area contributed by atoms with Crippen LogP contribution in [0.4, 0.5) is 0 Å². The van der Waals surface area contributed by atoms with Crippen molar-refractivity contribution in [1.29, 1.82) is 0 Å². The number of pyridine rings is 1. The van der Waals surface area contributed by atoms with Crippen molar-refractivity contribution in [3.05, 3.63) is 28.2 Å². The van der Waals surface area contributed by atoms with Gasteiger partial charge in [-0.25, -0.2) is 9.78 Å². The standard InChI is InChI=1S/C14H13ClN2O3S/c15-10-8-4-3-6-16-12(8)21-11(10)13(18)17-7-2-1-5-9(17)14(19)20/h3-4,6,9H,1-2,5,7H2,(H,19,20)/t9-/m1/s1. The Labute approximate surface area is 130 Å². The van der Waals surface area contributed by atoms with Crippen molar-refractivity contribution >= 4 is 45.0 Å². The Balaban J connectivity index is 1.99. The van der Waals surface area contributed by atoms with Crippen LogP contribution in [-0.4, -0.2) is 39.5 Å². The van der Waals surface area contributed by atoms with Crippen LogP contribution in [0.15, 0.2) is 18.3 Å². The maximum absolute atomic E-state index is 12.7. The van der Waals surface area contributed by atoms with E-state index in [2.05, 4.69) is 4.98 Å². The number of rotatable bonds is 2. The molecule has 2 aromatic rings. The van der Waals surface area contributed by atoms with Crippen LogP contribution < -0.4 is 0 Å². The third-order valence-corrected chi connectivity index (χ3v) is 5.25. The van der Waals surface area contributed by atoms with Gasteiger partial charge in [-0.1, -0.05) is 11.6 Å². The average molecular weight is 325 g/mol. The van der Waals surface area contributed by atoms with Crippen molar-refractivity contribution in [2.24, 2.45) is 0 Å². The van der Waals surface area contributed by atoms with Gasteiger partial charge in [0.15, 0.2) is 0 Å². The number of carbonyl (C=O) groups excluding carboxylic acids is 1.